The molecule has 0 saturated heterocycles. The van der Waals surface area contributed by atoms with E-state index in [1.807, 2.05) is 31.2 Å². The van der Waals surface area contributed by atoms with Crippen molar-refractivity contribution in [3.8, 4) is 0 Å². The number of halogens is 1. The number of amides is 1. The zero-order chi connectivity index (χ0) is 16.9. The number of hydrogen-bond acceptors (Lipinski definition) is 3. The number of aromatic nitrogens is 1. The van der Waals surface area contributed by atoms with Crippen LogP contribution >= 0.6 is 15.9 Å². The Morgan fingerprint density at radius 1 is 1.17 bits per heavy atom. The van der Waals surface area contributed by atoms with Gasteiger partial charge in [-0.1, -0.05) is 35.2 Å². The second-order valence-corrected chi connectivity index (χ2v) is 7.27. The summed E-state index contributed by atoms with van der Waals surface area (Å²) >= 11 is 3.43. The van der Waals surface area contributed by atoms with Crippen LogP contribution in [-0.4, -0.2) is 16.9 Å². The lowest BCUT2D eigenvalue weighted by molar-refractivity contribution is 0.102. The predicted molar refractivity (Wildman–Crippen MR) is 102 cm³/mol. The Labute approximate surface area is 151 Å². The van der Waals surface area contributed by atoms with E-state index in [0.29, 0.717) is 11.6 Å². The van der Waals surface area contributed by atoms with Crippen molar-refractivity contribution in [3.05, 3.63) is 52.3 Å². The van der Waals surface area contributed by atoms with Crippen LogP contribution in [0.5, 0.6) is 0 Å². The maximum Gasteiger partial charge on any atom is 0.257 e. The number of benzene rings is 1. The summed E-state index contributed by atoms with van der Waals surface area (Å²) < 4.78 is 0.998. The summed E-state index contributed by atoms with van der Waals surface area (Å²) in [5, 5.41) is 6.47. The number of carbonyl (C=O) groups is 1. The lowest BCUT2D eigenvalue weighted by atomic mass is 9.95. The first kappa shape index (κ1) is 17.0. The molecule has 2 aromatic rings. The molecule has 3 rings (SSSR count). The summed E-state index contributed by atoms with van der Waals surface area (Å²) in [5.41, 5.74) is 3.32. The molecule has 2 N–H and O–H groups in total. The fraction of sp³-hybridized carbons (Fsp3) is 0.368. The molecule has 1 aliphatic rings. The summed E-state index contributed by atoms with van der Waals surface area (Å²) in [6, 6.07) is 8.17. The van der Waals surface area contributed by atoms with Gasteiger partial charge in [-0.05, 0) is 49.6 Å². The Hall–Kier alpha value is -1.88. The van der Waals surface area contributed by atoms with Crippen LogP contribution in [0.4, 0.5) is 11.4 Å². The van der Waals surface area contributed by atoms with E-state index in [2.05, 4.69) is 31.5 Å². The van der Waals surface area contributed by atoms with Crippen LogP contribution in [0.2, 0.25) is 0 Å². The number of hydrogen-bond donors (Lipinski definition) is 2. The normalized spacial score (nSPS) is 15.1. The third-order valence-corrected chi connectivity index (χ3v) is 4.91. The third-order valence-electron chi connectivity index (χ3n) is 4.41. The Morgan fingerprint density at radius 2 is 1.96 bits per heavy atom. The van der Waals surface area contributed by atoms with Gasteiger partial charge in [0.1, 0.15) is 0 Å². The minimum Gasteiger partial charge on any atom is -0.381 e. The molecular formula is C19H22BrN3O. The van der Waals surface area contributed by atoms with Gasteiger partial charge in [0.25, 0.3) is 5.91 Å². The van der Waals surface area contributed by atoms with Gasteiger partial charge in [-0.3, -0.25) is 9.78 Å². The van der Waals surface area contributed by atoms with E-state index < -0.39 is 0 Å². The fourth-order valence-corrected chi connectivity index (χ4v) is 3.56. The SMILES string of the molecule is Cc1cc(Br)ccc1NC(=O)c1cncc(NC2CCCCC2)c1. The van der Waals surface area contributed by atoms with Gasteiger partial charge >= 0.3 is 0 Å². The molecule has 4 nitrogen and oxygen atoms in total. The quantitative estimate of drug-likeness (QED) is 0.762. The average Bonchev–Trinajstić information content (AvgIpc) is 2.58. The minimum absolute atomic E-state index is 0.139. The molecule has 0 unspecified atom stereocenters. The second kappa shape index (κ2) is 7.79. The van der Waals surface area contributed by atoms with Crippen LogP contribution in [-0.2, 0) is 0 Å². The third kappa shape index (κ3) is 4.35. The molecule has 0 atom stereocenters. The fourth-order valence-electron chi connectivity index (χ4n) is 3.09. The van der Waals surface area contributed by atoms with Crippen molar-refractivity contribution in [3.63, 3.8) is 0 Å². The van der Waals surface area contributed by atoms with Gasteiger partial charge < -0.3 is 10.6 Å². The first-order chi connectivity index (χ1) is 11.6. The highest BCUT2D eigenvalue weighted by molar-refractivity contribution is 9.10. The van der Waals surface area contributed by atoms with Crippen molar-refractivity contribution in [2.45, 2.75) is 45.1 Å². The first-order valence-electron chi connectivity index (χ1n) is 8.41. The minimum atomic E-state index is -0.139. The molecule has 0 radical (unpaired) electrons. The molecule has 1 saturated carbocycles. The van der Waals surface area contributed by atoms with E-state index in [4.69, 9.17) is 0 Å². The van der Waals surface area contributed by atoms with Gasteiger partial charge in [0, 0.05) is 28.6 Å². The predicted octanol–water partition coefficient (Wildman–Crippen LogP) is 5.15. The maximum absolute atomic E-state index is 12.5. The molecule has 0 bridgehead atoms. The number of anilines is 2. The Kier molecular flexibility index (Phi) is 5.51. The summed E-state index contributed by atoms with van der Waals surface area (Å²) in [5.74, 6) is -0.139. The van der Waals surface area contributed by atoms with Gasteiger partial charge in [-0.25, -0.2) is 0 Å². The monoisotopic (exact) mass is 387 g/mol. The van der Waals surface area contributed by atoms with Crippen LogP contribution in [0.1, 0.15) is 48.0 Å². The number of pyridine rings is 1. The molecule has 1 aromatic carbocycles. The molecule has 1 amide bonds. The smallest absolute Gasteiger partial charge is 0.257 e. The molecule has 1 heterocycles. The van der Waals surface area contributed by atoms with E-state index in [1.165, 1.54) is 32.1 Å². The highest BCUT2D eigenvalue weighted by Crippen LogP contribution is 2.23. The van der Waals surface area contributed by atoms with Gasteiger partial charge in [0.15, 0.2) is 0 Å². The van der Waals surface area contributed by atoms with Gasteiger partial charge in [0.2, 0.25) is 0 Å². The molecule has 1 fully saturated rings. The summed E-state index contributed by atoms with van der Waals surface area (Å²) in [4.78, 5) is 16.7. The molecule has 0 aliphatic heterocycles. The number of carbonyl (C=O) groups excluding carboxylic acids is 1. The number of rotatable bonds is 4. The zero-order valence-corrected chi connectivity index (χ0v) is 15.4. The molecule has 126 valence electrons. The molecule has 5 heteroatoms. The zero-order valence-electron chi connectivity index (χ0n) is 13.8. The van der Waals surface area contributed by atoms with Crippen LogP contribution in [0.15, 0.2) is 41.1 Å². The van der Waals surface area contributed by atoms with Crippen molar-refractivity contribution < 1.29 is 4.79 Å². The second-order valence-electron chi connectivity index (χ2n) is 6.35. The first-order valence-corrected chi connectivity index (χ1v) is 9.20. The van der Waals surface area contributed by atoms with Crippen molar-refractivity contribution in [2.24, 2.45) is 0 Å². The Bertz CT molecular complexity index is 726. The van der Waals surface area contributed by atoms with E-state index >= 15 is 0 Å². The molecule has 0 spiro atoms. The topological polar surface area (TPSA) is 54.0 Å². The lowest BCUT2D eigenvalue weighted by Gasteiger charge is -2.23. The lowest BCUT2D eigenvalue weighted by Crippen LogP contribution is -2.22. The Balaban J connectivity index is 1.69. The maximum atomic E-state index is 12.5. The van der Waals surface area contributed by atoms with Crippen molar-refractivity contribution in [1.29, 1.82) is 0 Å². The van der Waals surface area contributed by atoms with E-state index in [9.17, 15) is 4.79 Å². The average molecular weight is 388 g/mol. The highest BCUT2D eigenvalue weighted by Gasteiger charge is 2.14. The molecule has 24 heavy (non-hydrogen) atoms. The van der Waals surface area contributed by atoms with Crippen LogP contribution in [0.3, 0.4) is 0 Å². The van der Waals surface area contributed by atoms with Crippen LogP contribution in [0.25, 0.3) is 0 Å². The molecule has 1 aromatic heterocycles. The number of nitrogens with zero attached hydrogens (tertiary/aromatic N) is 1. The van der Waals surface area contributed by atoms with E-state index in [-0.39, 0.29) is 5.91 Å². The van der Waals surface area contributed by atoms with E-state index in [1.54, 1.807) is 12.4 Å². The number of nitrogens with one attached hydrogen (secondary N) is 2. The highest BCUT2D eigenvalue weighted by atomic mass is 79.9. The molecule has 1 aliphatic carbocycles. The summed E-state index contributed by atoms with van der Waals surface area (Å²) in [6.07, 6.45) is 9.64. The van der Waals surface area contributed by atoms with Gasteiger partial charge in [0.05, 0.1) is 11.3 Å². The van der Waals surface area contributed by atoms with Crippen molar-refractivity contribution in [2.75, 3.05) is 10.6 Å². The van der Waals surface area contributed by atoms with Gasteiger partial charge in [-0.2, -0.15) is 0 Å². The molecular weight excluding hydrogens is 366 g/mol. The van der Waals surface area contributed by atoms with Crippen LogP contribution < -0.4 is 10.6 Å². The van der Waals surface area contributed by atoms with Crippen molar-refractivity contribution in [1.82, 2.24) is 4.98 Å². The summed E-state index contributed by atoms with van der Waals surface area (Å²) in [6.45, 7) is 1.97. The Morgan fingerprint density at radius 3 is 2.71 bits per heavy atom. The largest absolute Gasteiger partial charge is 0.381 e. The van der Waals surface area contributed by atoms with Crippen molar-refractivity contribution >= 4 is 33.2 Å². The van der Waals surface area contributed by atoms with Gasteiger partial charge in [-0.15, -0.1) is 0 Å². The number of aryl methyl sites for hydroxylation is 1. The van der Waals surface area contributed by atoms with Crippen LogP contribution in [0, 0.1) is 6.92 Å². The standard InChI is InChI=1S/C19H22BrN3O/c1-13-9-15(20)7-8-18(13)23-19(24)14-10-17(12-21-11-14)22-16-5-3-2-4-6-16/h7-12,16,22H,2-6H2,1H3,(H,23,24). The summed E-state index contributed by atoms with van der Waals surface area (Å²) in [7, 11) is 0. The van der Waals surface area contributed by atoms with E-state index in [0.717, 1.165) is 21.4 Å².